The van der Waals surface area contributed by atoms with E-state index in [2.05, 4.69) is 45.6 Å². The molecule has 2 aromatic heterocycles. The maximum atomic E-state index is 13.7. The van der Waals surface area contributed by atoms with E-state index < -0.39 is 20.0 Å². The van der Waals surface area contributed by atoms with E-state index in [-0.39, 0.29) is 15.7 Å². The molecule has 1 unspecified atom stereocenters. The Bertz CT molecular complexity index is 2540. The van der Waals surface area contributed by atoms with E-state index in [9.17, 15) is 16.8 Å². The van der Waals surface area contributed by atoms with Crippen molar-refractivity contribution in [2.75, 3.05) is 50.0 Å². The summed E-state index contributed by atoms with van der Waals surface area (Å²) in [7, 11) is -7.19. The van der Waals surface area contributed by atoms with Crippen molar-refractivity contribution in [2.24, 2.45) is 5.92 Å². The van der Waals surface area contributed by atoms with Crippen molar-refractivity contribution in [2.45, 2.75) is 29.6 Å². The molecule has 0 amide bonds. The molecule has 8 rings (SSSR count). The Labute approximate surface area is 343 Å². The van der Waals surface area contributed by atoms with Crippen molar-refractivity contribution >= 4 is 80.3 Å². The molecule has 6 aromatic rings. The molecule has 2 aliphatic heterocycles. The average molecular weight is 892 g/mol. The quantitative estimate of drug-likeness (QED) is 0.124. The maximum absolute atomic E-state index is 13.7. The molecule has 16 heteroatoms. The van der Waals surface area contributed by atoms with Crippen molar-refractivity contribution in [1.82, 2.24) is 18.6 Å². The molecule has 4 aromatic carbocycles. The minimum Gasteiger partial charge on any atom is -0.379 e. The predicted molar refractivity (Wildman–Crippen MR) is 227 cm³/mol. The number of hydrogen-bond donors (Lipinski definition) is 2. The van der Waals surface area contributed by atoms with Crippen molar-refractivity contribution < 1.29 is 21.6 Å². The smallest absolute Gasteiger partial charge is 0.243 e. The topological polar surface area (TPSA) is 134 Å². The highest BCUT2D eigenvalue weighted by atomic mass is 79.9. The molecule has 0 radical (unpaired) electrons. The van der Waals surface area contributed by atoms with E-state index in [1.54, 1.807) is 40.7 Å². The Kier molecular flexibility index (Phi) is 11.4. The van der Waals surface area contributed by atoms with Crippen molar-refractivity contribution in [3.8, 4) is 22.5 Å². The minimum absolute atomic E-state index is 0.213. The van der Waals surface area contributed by atoms with Gasteiger partial charge < -0.3 is 15.4 Å². The van der Waals surface area contributed by atoms with E-state index in [0.717, 1.165) is 67.0 Å². The predicted octanol–water partition coefficient (Wildman–Crippen LogP) is 8.77. The third kappa shape index (κ3) is 8.62. The zero-order valence-corrected chi connectivity index (χ0v) is 35.2. The van der Waals surface area contributed by atoms with Crippen LogP contribution in [-0.4, -0.2) is 74.8 Å². The molecule has 2 saturated heterocycles. The van der Waals surface area contributed by atoms with Gasteiger partial charge in [0.25, 0.3) is 0 Å². The van der Waals surface area contributed by atoms with Gasteiger partial charge in [0.2, 0.25) is 20.0 Å². The molecule has 0 saturated carbocycles. The van der Waals surface area contributed by atoms with E-state index in [4.69, 9.17) is 14.7 Å². The molecule has 1 atom stereocenters. The number of rotatable bonds is 12. The molecule has 56 heavy (non-hydrogen) atoms. The fourth-order valence-electron chi connectivity index (χ4n) is 6.88. The summed E-state index contributed by atoms with van der Waals surface area (Å²) < 4.78 is 62.7. The van der Waals surface area contributed by atoms with Gasteiger partial charge in [-0.15, -0.1) is 22.7 Å². The Morgan fingerprint density at radius 1 is 0.714 bits per heavy atom. The van der Waals surface area contributed by atoms with Gasteiger partial charge in [-0.05, 0) is 97.5 Å². The lowest BCUT2D eigenvalue weighted by Crippen LogP contribution is -2.40. The van der Waals surface area contributed by atoms with Gasteiger partial charge in [0.05, 0.1) is 34.4 Å². The number of ether oxygens (including phenoxy) is 1. The van der Waals surface area contributed by atoms with Gasteiger partial charge in [0.15, 0.2) is 10.3 Å². The number of morpholine rings is 1. The number of nitrogens with zero attached hydrogens (tertiary/aromatic N) is 4. The summed E-state index contributed by atoms with van der Waals surface area (Å²) in [5.41, 5.74) is 7.40. The van der Waals surface area contributed by atoms with Crippen LogP contribution < -0.4 is 10.6 Å². The molecule has 0 spiro atoms. The van der Waals surface area contributed by atoms with Crippen LogP contribution in [0, 0.1) is 12.8 Å². The number of aromatic nitrogens is 2. The molecular weight excluding hydrogens is 853 g/mol. The number of thiazole rings is 2. The molecule has 11 nitrogen and oxygen atoms in total. The summed E-state index contributed by atoms with van der Waals surface area (Å²) in [5.74, 6) is 0.213. The van der Waals surface area contributed by atoms with Gasteiger partial charge in [0.1, 0.15) is 0 Å². The second kappa shape index (κ2) is 16.5. The first kappa shape index (κ1) is 38.9. The zero-order valence-electron chi connectivity index (χ0n) is 30.4. The van der Waals surface area contributed by atoms with Crippen LogP contribution >= 0.6 is 38.6 Å². The molecule has 0 bridgehead atoms. The Morgan fingerprint density at radius 3 is 1.82 bits per heavy atom. The van der Waals surface area contributed by atoms with E-state index >= 15 is 0 Å². The molecule has 2 aliphatic rings. The highest BCUT2D eigenvalue weighted by Crippen LogP contribution is 2.33. The number of halogens is 1. The van der Waals surface area contributed by atoms with Gasteiger partial charge in [-0.3, -0.25) is 0 Å². The highest BCUT2D eigenvalue weighted by Gasteiger charge is 2.33. The van der Waals surface area contributed by atoms with Crippen LogP contribution in [0.3, 0.4) is 0 Å². The van der Waals surface area contributed by atoms with Crippen LogP contribution in [0.5, 0.6) is 0 Å². The van der Waals surface area contributed by atoms with Crippen molar-refractivity contribution in [1.29, 1.82) is 0 Å². The number of aryl methyl sites for hydroxylation is 1. The molecule has 2 N–H and O–H groups in total. The maximum Gasteiger partial charge on any atom is 0.243 e. The first-order chi connectivity index (χ1) is 27.0. The number of nitrogens with one attached hydrogen (secondary N) is 2. The lowest BCUT2D eigenvalue weighted by Gasteiger charge is -2.26. The third-order valence-corrected chi connectivity index (χ3v) is 15.8. The van der Waals surface area contributed by atoms with Gasteiger partial charge in [-0.1, -0.05) is 46.3 Å². The second-order valence-corrected chi connectivity index (χ2v) is 20.3. The van der Waals surface area contributed by atoms with E-state index in [1.807, 2.05) is 53.2 Å². The second-order valence-electron chi connectivity index (χ2n) is 13.8. The largest absolute Gasteiger partial charge is 0.379 e. The van der Waals surface area contributed by atoms with Crippen LogP contribution in [0.4, 0.5) is 21.6 Å². The molecule has 2 fully saturated rings. The normalized spacial score (nSPS) is 16.9. The Hall–Kier alpha value is -4.00. The Morgan fingerprint density at radius 2 is 1.25 bits per heavy atom. The summed E-state index contributed by atoms with van der Waals surface area (Å²) >= 11 is 6.42. The third-order valence-electron chi connectivity index (χ3n) is 10.0. The van der Waals surface area contributed by atoms with Gasteiger partial charge >= 0.3 is 0 Å². The van der Waals surface area contributed by atoms with E-state index in [0.29, 0.717) is 39.4 Å². The summed E-state index contributed by atoms with van der Waals surface area (Å²) in [4.78, 5) is 9.99. The Balaban J connectivity index is 0.851. The summed E-state index contributed by atoms with van der Waals surface area (Å²) in [6, 6.07) is 28.0. The number of hydrogen-bond acceptors (Lipinski definition) is 11. The fourth-order valence-corrected chi connectivity index (χ4v) is 11.6. The summed E-state index contributed by atoms with van der Waals surface area (Å²) in [5, 5.41) is 12.1. The van der Waals surface area contributed by atoms with Crippen LogP contribution in [0.25, 0.3) is 22.5 Å². The number of sulfonamides is 2. The first-order valence-electron chi connectivity index (χ1n) is 18.1. The average Bonchev–Trinajstić information content (AvgIpc) is 4.00. The summed E-state index contributed by atoms with van der Waals surface area (Å²) in [6.45, 7) is 4.56. The van der Waals surface area contributed by atoms with Crippen LogP contribution in [-0.2, 0) is 31.2 Å². The molecule has 290 valence electrons. The van der Waals surface area contributed by atoms with Crippen LogP contribution in [0.15, 0.2) is 116 Å². The van der Waals surface area contributed by atoms with E-state index in [1.165, 1.54) is 32.5 Å². The van der Waals surface area contributed by atoms with Crippen molar-refractivity contribution in [3.05, 3.63) is 117 Å². The van der Waals surface area contributed by atoms with Gasteiger partial charge in [-0.2, -0.15) is 8.61 Å². The number of anilines is 4. The molecule has 4 heterocycles. The lowest BCUT2D eigenvalue weighted by atomic mass is 9.95. The summed E-state index contributed by atoms with van der Waals surface area (Å²) in [6.07, 6.45) is 1.59. The molecule has 0 aliphatic carbocycles. The standard InChI is InChI=1S/C40H39BrN6O5S4/c1-27-22-34(43-40-45-38(26-54-40)29-3-12-35(13-4-29)55(48,49)46-18-20-52-21-19-46)9-2-31(27)23-28-16-17-47(24-28)56(50,51)36-14-5-30(6-15-36)37-25-53-39(44-37)42-33-10-7-32(41)8-11-33/h2-15,22,25-26,28H,16-21,23-24H2,1H3,(H,42,44)(H,43,45). The van der Waals surface area contributed by atoms with Crippen molar-refractivity contribution in [3.63, 3.8) is 0 Å². The highest BCUT2D eigenvalue weighted by molar-refractivity contribution is 9.10. The number of benzene rings is 4. The van der Waals surface area contributed by atoms with Crippen LogP contribution in [0.2, 0.25) is 0 Å². The monoisotopic (exact) mass is 890 g/mol. The lowest BCUT2D eigenvalue weighted by molar-refractivity contribution is 0.0730. The fraction of sp³-hybridized carbons (Fsp3) is 0.250. The first-order valence-corrected chi connectivity index (χ1v) is 23.5. The minimum atomic E-state index is -3.63. The molecular formula is C40H39BrN6O5S4. The zero-order chi connectivity index (χ0) is 38.9. The van der Waals surface area contributed by atoms with Crippen LogP contribution in [0.1, 0.15) is 17.5 Å². The van der Waals surface area contributed by atoms with Gasteiger partial charge in [-0.25, -0.2) is 26.8 Å². The SMILES string of the molecule is Cc1cc(Nc2nc(-c3ccc(S(=O)(=O)N4CCOCC4)cc3)cs2)ccc1CC1CCN(S(=O)(=O)c2ccc(-c3csc(Nc4ccc(Br)cc4)n3)cc2)C1. The van der Waals surface area contributed by atoms with Gasteiger partial charge in [0, 0.05) is 63.9 Å².